The van der Waals surface area contributed by atoms with Crippen molar-refractivity contribution in [1.82, 2.24) is 0 Å². The van der Waals surface area contributed by atoms with Crippen LogP contribution in [0.5, 0.6) is 0 Å². The monoisotopic (exact) mass is 210 g/mol. The summed E-state index contributed by atoms with van der Waals surface area (Å²) in [5.41, 5.74) is 0. The maximum atomic E-state index is 9.70. The molecule has 0 heterocycles. The molecule has 3 N–H and O–H groups in total. The smallest absolute Gasteiger partial charge is 0.547 e. The van der Waals surface area contributed by atoms with Gasteiger partial charge in [-0.2, -0.15) is 0 Å². The second kappa shape index (κ2) is 7.16. The van der Waals surface area contributed by atoms with Gasteiger partial charge in [0.1, 0.15) is 5.97 Å². The Bertz CT molecular complexity index is 191. The van der Waals surface area contributed by atoms with Crippen LogP contribution >= 0.6 is 0 Å². The summed E-state index contributed by atoms with van der Waals surface area (Å²) in [4.78, 5) is 19.4. The molecule has 0 aliphatic carbocycles. The molecule has 0 rings (SSSR count). The van der Waals surface area contributed by atoms with E-state index in [0.29, 0.717) is 0 Å². The fraction of sp³-hybridized carbons (Fsp3) is 0.500. The molecule has 0 spiro atoms. The molecule has 0 fully saturated rings. The van der Waals surface area contributed by atoms with Crippen molar-refractivity contribution in [2.24, 2.45) is 0 Å². The SMILES string of the molecule is O=C([O-])C(O)C(O)(O)C(=O)[O-].[Na+].[Na+]. The van der Waals surface area contributed by atoms with E-state index in [9.17, 15) is 19.8 Å². The van der Waals surface area contributed by atoms with Crippen LogP contribution in [-0.4, -0.2) is 39.1 Å². The molecule has 0 radical (unpaired) electrons. The van der Waals surface area contributed by atoms with Crippen molar-refractivity contribution in [2.75, 3.05) is 0 Å². The molecule has 1 atom stereocenters. The van der Waals surface area contributed by atoms with Crippen molar-refractivity contribution in [1.29, 1.82) is 0 Å². The van der Waals surface area contributed by atoms with Gasteiger partial charge in [0.05, 0.1) is 5.97 Å². The number of carbonyl (C=O) groups is 2. The van der Waals surface area contributed by atoms with Gasteiger partial charge in [0.25, 0.3) is 0 Å². The van der Waals surface area contributed by atoms with E-state index in [4.69, 9.17) is 15.3 Å². The summed E-state index contributed by atoms with van der Waals surface area (Å²) in [6.07, 6.45) is -2.94. The molecule has 0 bridgehead atoms. The number of aliphatic carboxylic acids is 2. The second-order valence-corrected chi connectivity index (χ2v) is 1.74. The van der Waals surface area contributed by atoms with E-state index in [1.54, 1.807) is 0 Å². The van der Waals surface area contributed by atoms with Crippen LogP contribution in [0.1, 0.15) is 0 Å². The van der Waals surface area contributed by atoms with E-state index in [1.165, 1.54) is 0 Å². The summed E-state index contributed by atoms with van der Waals surface area (Å²) in [5.74, 6) is -8.66. The van der Waals surface area contributed by atoms with Crippen LogP contribution < -0.4 is 69.3 Å². The minimum atomic E-state index is -3.82. The zero-order valence-electron chi connectivity index (χ0n) is 7.05. The molecule has 0 amide bonds. The molecule has 0 aromatic rings. The Morgan fingerprint density at radius 3 is 1.54 bits per heavy atom. The first-order valence-corrected chi connectivity index (χ1v) is 2.35. The summed E-state index contributed by atoms with van der Waals surface area (Å²) in [6, 6.07) is 0. The second-order valence-electron chi connectivity index (χ2n) is 1.74. The summed E-state index contributed by atoms with van der Waals surface area (Å²) >= 11 is 0. The molecule has 0 saturated carbocycles. The molecule has 0 aromatic carbocycles. The third-order valence-electron chi connectivity index (χ3n) is 0.905. The van der Waals surface area contributed by atoms with Gasteiger partial charge in [0.2, 0.25) is 5.79 Å². The Kier molecular flexibility index (Phi) is 10.7. The van der Waals surface area contributed by atoms with Crippen molar-refractivity contribution < 1.29 is 94.2 Å². The van der Waals surface area contributed by atoms with Gasteiger partial charge in [0, 0.05) is 0 Å². The third kappa shape index (κ3) is 5.31. The number of carboxylic acids is 2. The van der Waals surface area contributed by atoms with Gasteiger partial charge < -0.3 is 35.1 Å². The predicted molar refractivity (Wildman–Crippen MR) is 23.2 cm³/mol. The first kappa shape index (κ1) is 19.4. The molecule has 0 aliphatic heterocycles. The molecule has 13 heavy (non-hydrogen) atoms. The Labute approximate surface area is 117 Å². The minimum absolute atomic E-state index is 0. The Morgan fingerprint density at radius 1 is 1.15 bits per heavy atom. The number of aliphatic hydroxyl groups excluding tert-OH is 1. The standard InChI is InChI=1S/C4H6O7.2Na/c5-1(2(6)7)4(10,11)3(8)9;;/h1,5,10-11H,(H,6,7)(H,8,9);;/q;2*+1/p-2. The maximum absolute atomic E-state index is 9.70. The third-order valence-corrected chi connectivity index (χ3v) is 0.905. The molecule has 0 aromatic heterocycles. The zero-order chi connectivity index (χ0) is 9.23. The van der Waals surface area contributed by atoms with Gasteiger partial charge in [0.15, 0.2) is 6.10 Å². The summed E-state index contributed by atoms with van der Waals surface area (Å²) in [5, 5.41) is 44.1. The fourth-order valence-electron chi connectivity index (χ4n) is 0.276. The van der Waals surface area contributed by atoms with Crippen LogP contribution in [0.25, 0.3) is 0 Å². The average Bonchev–Trinajstić information content (AvgIpc) is 1.85. The van der Waals surface area contributed by atoms with Crippen molar-refractivity contribution in [3.63, 3.8) is 0 Å². The molecule has 7 nitrogen and oxygen atoms in total. The van der Waals surface area contributed by atoms with Crippen LogP contribution in [0, 0.1) is 0 Å². The minimum Gasteiger partial charge on any atom is -0.547 e. The predicted octanol–water partition coefficient (Wildman–Crippen LogP) is -11.5. The van der Waals surface area contributed by atoms with Crippen molar-refractivity contribution in [2.45, 2.75) is 11.9 Å². The molecule has 1 unspecified atom stereocenters. The first-order chi connectivity index (χ1) is 4.80. The molecular weight excluding hydrogens is 206 g/mol. The number of hydrogen-bond acceptors (Lipinski definition) is 7. The first-order valence-electron chi connectivity index (χ1n) is 2.35. The average molecular weight is 210 g/mol. The van der Waals surface area contributed by atoms with Crippen LogP contribution in [0.3, 0.4) is 0 Å². The Hall–Kier alpha value is 0.820. The van der Waals surface area contributed by atoms with Gasteiger partial charge in [-0.25, -0.2) is 0 Å². The molecule has 0 saturated heterocycles. The van der Waals surface area contributed by atoms with Gasteiger partial charge in [-0.15, -0.1) is 0 Å². The molecule has 0 aliphatic rings. The van der Waals surface area contributed by atoms with E-state index < -0.39 is 23.8 Å². The molecule has 64 valence electrons. The van der Waals surface area contributed by atoms with Crippen molar-refractivity contribution >= 4 is 11.9 Å². The quantitative estimate of drug-likeness (QED) is 0.310. The van der Waals surface area contributed by atoms with Gasteiger partial charge in [-0.1, -0.05) is 0 Å². The van der Waals surface area contributed by atoms with E-state index in [2.05, 4.69) is 0 Å². The summed E-state index contributed by atoms with van der Waals surface area (Å²) in [7, 11) is 0. The summed E-state index contributed by atoms with van der Waals surface area (Å²) < 4.78 is 0. The van der Waals surface area contributed by atoms with Gasteiger partial charge in [-0.05, 0) is 0 Å². The van der Waals surface area contributed by atoms with E-state index in [1.807, 2.05) is 0 Å². The van der Waals surface area contributed by atoms with Gasteiger partial charge in [-0.3, -0.25) is 0 Å². The fourth-order valence-corrected chi connectivity index (χ4v) is 0.276. The number of rotatable bonds is 3. The topological polar surface area (TPSA) is 141 Å². The largest absolute Gasteiger partial charge is 1.00 e. The number of carboxylic acid groups (broad SMARTS) is 2. The van der Waals surface area contributed by atoms with Crippen LogP contribution in [0.2, 0.25) is 0 Å². The number of aliphatic hydroxyl groups is 3. The van der Waals surface area contributed by atoms with Crippen molar-refractivity contribution in [3.05, 3.63) is 0 Å². The van der Waals surface area contributed by atoms with E-state index in [-0.39, 0.29) is 59.1 Å². The van der Waals surface area contributed by atoms with E-state index >= 15 is 0 Å². The maximum Gasteiger partial charge on any atom is 1.00 e. The van der Waals surface area contributed by atoms with Crippen LogP contribution in [0.15, 0.2) is 0 Å². The van der Waals surface area contributed by atoms with Crippen LogP contribution in [0.4, 0.5) is 0 Å². The van der Waals surface area contributed by atoms with Crippen LogP contribution in [-0.2, 0) is 9.59 Å². The van der Waals surface area contributed by atoms with Gasteiger partial charge >= 0.3 is 59.1 Å². The summed E-state index contributed by atoms with van der Waals surface area (Å²) in [6.45, 7) is 0. The molecule has 9 heteroatoms. The number of hydrogen-bond donors (Lipinski definition) is 3. The zero-order valence-corrected chi connectivity index (χ0v) is 11.1. The Balaban J connectivity index is -0.000000500. The van der Waals surface area contributed by atoms with E-state index in [0.717, 1.165) is 0 Å². The molecular formula is C4H4Na2O7. The van der Waals surface area contributed by atoms with Crippen molar-refractivity contribution in [3.8, 4) is 0 Å². The normalized spacial score (nSPS) is 11.9. The number of carbonyl (C=O) groups excluding carboxylic acids is 2. The Morgan fingerprint density at radius 2 is 1.46 bits per heavy atom.